The molecule has 22 heavy (non-hydrogen) atoms. The third-order valence-corrected chi connectivity index (χ3v) is 4.92. The van der Waals surface area contributed by atoms with Crippen LogP contribution in [0.2, 0.25) is 0 Å². The summed E-state index contributed by atoms with van der Waals surface area (Å²) in [6, 6.07) is 4.61. The standard InChI is InChI=1S/C14H15F2N3O2S/c15-11-5-4-10(13(16)8-11)9-22(20,21)18-14-6-7-17-19(14)12-2-1-3-12/h4-8,12,18H,1-3,9H2. The van der Waals surface area contributed by atoms with Crippen LogP contribution in [-0.2, 0) is 15.8 Å². The maximum Gasteiger partial charge on any atom is 0.238 e. The number of sulfonamides is 1. The minimum atomic E-state index is -3.81. The predicted octanol–water partition coefficient (Wildman–Crippen LogP) is 2.83. The summed E-state index contributed by atoms with van der Waals surface area (Å²) < 4.78 is 54.8. The first-order valence-corrected chi connectivity index (χ1v) is 8.58. The largest absolute Gasteiger partial charge is 0.267 e. The van der Waals surface area contributed by atoms with Crippen molar-refractivity contribution in [2.75, 3.05) is 4.72 Å². The van der Waals surface area contributed by atoms with Gasteiger partial charge in [0, 0.05) is 17.7 Å². The number of aromatic nitrogens is 2. The van der Waals surface area contributed by atoms with E-state index < -0.39 is 27.4 Å². The van der Waals surface area contributed by atoms with E-state index in [1.807, 2.05) is 0 Å². The third-order valence-electron chi connectivity index (χ3n) is 3.71. The Balaban J connectivity index is 1.77. The highest BCUT2D eigenvalue weighted by Gasteiger charge is 2.24. The second kappa shape index (κ2) is 5.68. The summed E-state index contributed by atoms with van der Waals surface area (Å²) in [5.41, 5.74) is -0.0800. The van der Waals surface area contributed by atoms with Crippen LogP contribution in [0.4, 0.5) is 14.6 Å². The molecule has 0 amide bonds. The van der Waals surface area contributed by atoms with Crippen molar-refractivity contribution in [2.45, 2.75) is 31.1 Å². The maximum absolute atomic E-state index is 13.6. The summed E-state index contributed by atoms with van der Waals surface area (Å²) in [7, 11) is -3.81. The second-order valence-electron chi connectivity index (χ2n) is 5.34. The molecule has 1 N–H and O–H groups in total. The van der Waals surface area contributed by atoms with Gasteiger partial charge in [-0.15, -0.1) is 0 Å². The Labute approximate surface area is 127 Å². The van der Waals surface area contributed by atoms with Crippen LogP contribution in [0.3, 0.4) is 0 Å². The quantitative estimate of drug-likeness (QED) is 0.918. The Morgan fingerprint density at radius 2 is 2.05 bits per heavy atom. The monoisotopic (exact) mass is 327 g/mol. The fourth-order valence-corrected chi connectivity index (χ4v) is 3.55. The molecule has 1 heterocycles. The normalized spacial score (nSPS) is 15.5. The smallest absolute Gasteiger partial charge is 0.238 e. The number of nitrogens with zero attached hydrogens (tertiary/aromatic N) is 2. The highest BCUT2D eigenvalue weighted by Crippen LogP contribution is 2.33. The van der Waals surface area contributed by atoms with Gasteiger partial charge in [-0.2, -0.15) is 5.10 Å². The Morgan fingerprint density at radius 1 is 1.27 bits per heavy atom. The molecule has 3 rings (SSSR count). The van der Waals surface area contributed by atoms with Gasteiger partial charge in [0.2, 0.25) is 10.0 Å². The molecule has 1 aliphatic carbocycles. The van der Waals surface area contributed by atoms with Crippen molar-refractivity contribution in [3.05, 3.63) is 47.7 Å². The van der Waals surface area contributed by atoms with Crippen molar-refractivity contribution >= 4 is 15.8 Å². The molecule has 0 atom stereocenters. The first kappa shape index (κ1) is 15.0. The fourth-order valence-electron chi connectivity index (χ4n) is 2.36. The van der Waals surface area contributed by atoms with E-state index in [0.29, 0.717) is 11.9 Å². The lowest BCUT2D eigenvalue weighted by molar-refractivity contribution is 0.293. The molecule has 1 aliphatic rings. The van der Waals surface area contributed by atoms with Crippen molar-refractivity contribution in [1.82, 2.24) is 9.78 Å². The van der Waals surface area contributed by atoms with E-state index in [2.05, 4.69) is 9.82 Å². The van der Waals surface area contributed by atoms with Gasteiger partial charge in [-0.1, -0.05) is 6.07 Å². The summed E-state index contributed by atoms with van der Waals surface area (Å²) >= 11 is 0. The average molecular weight is 327 g/mol. The SMILES string of the molecule is O=S(=O)(Cc1ccc(F)cc1F)Nc1ccnn1C1CCC1. The lowest BCUT2D eigenvalue weighted by atomic mass is 9.93. The molecular weight excluding hydrogens is 312 g/mol. The molecule has 0 bridgehead atoms. The van der Waals surface area contributed by atoms with Crippen LogP contribution in [0.25, 0.3) is 0 Å². The Kier molecular flexibility index (Phi) is 3.86. The number of hydrogen-bond acceptors (Lipinski definition) is 3. The van der Waals surface area contributed by atoms with Crippen molar-refractivity contribution in [1.29, 1.82) is 0 Å². The molecule has 1 fully saturated rings. The van der Waals surface area contributed by atoms with Crippen LogP contribution in [0.1, 0.15) is 30.9 Å². The van der Waals surface area contributed by atoms with Crippen molar-refractivity contribution in [3.63, 3.8) is 0 Å². The molecule has 5 nitrogen and oxygen atoms in total. The van der Waals surface area contributed by atoms with E-state index in [4.69, 9.17) is 0 Å². The number of nitrogens with one attached hydrogen (secondary N) is 1. The van der Waals surface area contributed by atoms with E-state index in [-0.39, 0.29) is 11.6 Å². The molecule has 0 aliphatic heterocycles. The van der Waals surface area contributed by atoms with Crippen LogP contribution in [-0.4, -0.2) is 18.2 Å². The zero-order valence-corrected chi connectivity index (χ0v) is 12.5. The van der Waals surface area contributed by atoms with Crippen LogP contribution in [0.5, 0.6) is 0 Å². The first-order valence-electron chi connectivity index (χ1n) is 6.92. The summed E-state index contributed by atoms with van der Waals surface area (Å²) in [5.74, 6) is -1.81. The van der Waals surface area contributed by atoms with Crippen molar-refractivity contribution in [2.24, 2.45) is 0 Å². The minimum Gasteiger partial charge on any atom is -0.267 e. The lowest BCUT2D eigenvalue weighted by Gasteiger charge is -2.27. The topological polar surface area (TPSA) is 64.0 Å². The van der Waals surface area contributed by atoms with E-state index in [1.165, 1.54) is 6.20 Å². The van der Waals surface area contributed by atoms with Crippen molar-refractivity contribution in [3.8, 4) is 0 Å². The number of hydrogen-bond donors (Lipinski definition) is 1. The van der Waals surface area contributed by atoms with Crippen LogP contribution >= 0.6 is 0 Å². The fraction of sp³-hybridized carbons (Fsp3) is 0.357. The molecule has 2 aromatic rings. The molecular formula is C14H15F2N3O2S. The third kappa shape index (κ3) is 3.11. The van der Waals surface area contributed by atoms with E-state index in [0.717, 1.165) is 31.4 Å². The summed E-state index contributed by atoms with van der Waals surface area (Å²) in [4.78, 5) is 0. The zero-order valence-electron chi connectivity index (χ0n) is 11.7. The van der Waals surface area contributed by atoms with Gasteiger partial charge in [0.15, 0.2) is 0 Å². The highest BCUT2D eigenvalue weighted by atomic mass is 32.2. The Morgan fingerprint density at radius 3 is 2.68 bits per heavy atom. The van der Waals surface area contributed by atoms with Crippen molar-refractivity contribution < 1.29 is 17.2 Å². The highest BCUT2D eigenvalue weighted by molar-refractivity contribution is 7.91. The molecule has 1 aromatic heterocycles. The molecule has 8 heteroatoms. The van der Waals surface area contributed by atoms with E-state index in [9.17, 15) is 17.2 Å². The van der Waals surface area contributed by atoms with E-state index >= 15 is 0 Å². The van der Waals surface area contributed by atoms with E-state index in [1.54, 1.807) is 10.7 Å². The van der Waals surface area contributed by atoms with Crippen LogP contribution in [0, 0.1) is 11.6 Å². The lowest BCUT2D eigenvalue weighted by Crippen LogP contribution is -2.23. The maximum atomic E-state index is 13.6. The molecule has 1 aromatic carbocycles. The predicted molar refractivity (Wildman–Crippen MR) is 77.7 cm³/mol. The molecule has 0 unspecified atom stereocenters. The van der Waals surface area contributed by atoms with Gasteiger partial charge in [-0.3, -0.25) is 4.72 Å². The average Bonchev–Trinajstić information content (AvgIpc) is 2.78. The van der Waals surface area contributed by atoms with Gasteiger partial charge in [0.25, 0.3) is 0 Å². The Hall–Kier alpha value is -1.96. The molecule has 118 valence electrons. The first-order chi connectivity index (χ1) is 10.4. The van der Waals surface area contributed by atoms with Crippen LogP contribution in [0.15, 0.2) is 30.5 Å². The molecule has 1 saturated carbocycles. The zero-order chi connectivity index (χ0) is 15.7. The van der Waals surface area contributed by atoms with Gasteiger partial charge < -0.3 is 0 Å². The van der Waals surface area contributed by atoms with Gasteiger partial charge in [-0.25, -0.2) is 21.9 Å². The van der Waals surface area contributed by atoms with Gasteiger partial charge in [0.1, 0.15) is 17.5 Å². The Bertz CT molecular complexity index is 785. The summed E-state index contributed by atoms with van der Waals surface area (Å²) in [6.45, 7) is 0. The molecule has 0 radical (unpaired) electrons. The number of rotatable bonds is 5. The molecule has 0 spiro atoms. The number of halogens is 2. The number of anilines is 1. The number of benzene rings is 1. The summed E-state index contributed by atoms with van der Waals surface area (Å²) in [6.07, 6.45) is 4.54. The molecule has 0 saturated heterocycles. The second-order valence-corrected chi connectivity index (χ2v) is 7.06. The van der Waals surface area contributed by atoms with Crippen LogP contribution < -0.4 is 4.72 Å². The van der Waals surface area contributed by atoms with Gasteiger partial charge in [-0.05, 0) is 25.3 Å². The summed E-state index contributed by atoms with van der Waals surface area (Å²) in [5, 5.41) is 4.12. The van der Waals surface area contributed by atoms with Gasteiger partial charge >= 0.3 is 0 Å². The van der Waals surface area contributed by atoms with Gasteiger partial charge in [0.05, 0.1) is 18.0 Å². The minimum absolute atomic E-state index is 0.0800.